The first-order valence-corrected chi connectivity index (χ1v) is 6.50. The van der Waals surface area contributed by atoms with Crippen LogP contribution < -0.4 is 11.1 Å². The molecule has 0 aromatic heterocycles. The van der Waals surface area contributed by atoms with Crippen molar-refractivity contribution in [2.45, 2.75) is 30.7 Å². The van der Waals surface area contributed by atoms with E-state index in [1.807, 2.05) is 0 Å². The summed E-state index contributed by atoms with van der Waals surface area (Å²) in [7, 11) is 0. The number of carbonyl (C=O) groups is 2. The zero-order chi connectivity index (χ0) is 14.8. The van der Waals surface area contributed by atoms with Crippen molar-refractivity contribution in [1.82, 2.24) is 5.32 Å². The number of carbonyl (C=O) groups excluding carboxylic acids is 1. The fraction of sp³-hybridized carbons (Fsp3) is 0.429. The van der Waals surface area contributed by atoms with Gasteiger partial charge in [-0.25, -0.2) is 4.79 Å². The number of hydrogen-bond acceptors (Lipinski definition) is 4. The fourth-order valence-electron chi connectivity index (χ4n) is 2.26. The smallest absolute Gasteiger partial charge is 0.326 e. The normalized spacial score (nSPS) is 17.2. The number of benzene rings is 1. The highest BCUT2D eigenvalue weighted by Crippen LogP contribution is 2.48. The Bertz CT molecular complexity index is 508. The maximum Gasteiger partial charge on any atom is 0.326 e. The largest absolute Gasteiger partial charge is 0.480 e. The van der Waals surface area contributed by atoms with Crippen LogP contribution in [-0.4, -0.2) is 34.7 Å². The molecule has 0 unspecified atom stereocenters. The van der Waals surface area contributed by atoms with E-state index >= 15 is 0 Å². The number of carboxylic acid groups (broad SMARTS) is 1. The number of carboxylic acids is 1. The first kappa shape index (κ1) is 14.3. The second-order valence-electron chi connectivity index (χ2n) is 5.08. The molecular formula is C14H18N2O4. The number of anilines is 1. The molecule has 1 aromatic carbocycles. The van der Waals surface area contributed by atoms with E-state index in [2.05, 4.69) is 5.32 Å². The summed E-state index contributed by atoms with van der Waals surface area (Å²) in [6.07, 6.45) is 1.38. The van der Waals surface area contributed by atoms with Crippen LogP contribution in [0.15, 0.2) is 24.3 Å². The number of aliphatic hydroxyl groups excluding tert-OH is 1. The van der Waals surface area contributed by atoms with Gasteiger partial charge in [-0.05, 0) is 30.5 Å². The lowest BCUT2D eigenvalue weighted by Crippen LogP contribution is -2.46. The third-order valence-electron chi connectivity index (χ3n) is 3.67. The van der Waals surface area contributed by atoms with Crippen LogP contribution in [0, 0.1) is 0 Å². The van der Waals surface area contributed by atoms with Crippen LogP contribution >= 0.6 is 0 Å². The number of nitrogen functional groups attached to an aromatic ring is 1. The Morgan fingerprint density at radius 2 is 1.90 bits per heavy atom. The van der Waals surface area contributed by atoms with Gasteiger partial charge in [-0.2, -0.15) is 0 Å². The third-order valence-corrected chi connectivity index (χ3v) is 3.67. The minimum absolute atomic E-state index is 0.00110. The Morgan fingerprint density at radius 3 is 2.35 bits per heavy atom. The summed E-state index contributed by atoms with van der Waals surface area (Å²) in [5.41, 5.74) is 6.44. The highest BCUT2D eigenvalue weighted by atomic mass is 16.4. The number of hydrogen-bond donors (Lipinski definition) is 4. The van der Waals surface area contributed by atoms with Gasteiger partial charge in [0.2, 0.25) is 5.91 Å². The number of amides is 1. The van der Waals surface area contributed by atoms with Crippen molar-refractivity contribution in [2.24, 2.45) is 0 Å². The quantitative estimate of drug-likeness (QED) is 0.557. The molecule has 0 bridgehead atoms. The molecule has 1 aliphatic rings. The zero-order valence-corrected chi connectivity index (χ0v) is 11.0. The second-order valence-corrected chi connectivity index (χ2v) is 5.08. The summed E-state index contributed by atoms with van der Waals surface area (Å²) in [5.74, 6) is -1.44. The highest BCUT2D eigenvalue weighted by molar-refractivity contribution is 5.94. The lowest BCUT2D eigenvalue weighted by Gasteiger charge is -2.19. The van der Waals surface area contributed by atoms with Crippen molar-refractivity contribution in [3.8, 4) is 0 Å². The first-order valence-electron chi connectivity index (χ1n) is 6.50. The van der Waals surface area contributed by atoms with Crippen molar-refractivity contribution < 1.29 is 19.8 Å². The summed E-state index contributed by atoms with van der Waals surface area (Å²) in [4.78, 5) is 23.3. The van der Waals surface area contributed by atoms with E-state index in [-0.39, 0.29) is 18.9 Å². The molecule has 1 aliphatic carbocycles. The van der Waals surface area contributed by atoms with Crippen molar-refractivity contribution in [3.63, 3.8) is 0 Å². The number of nitrogens with two attached hydrogens (primary N) is 1. The molecule has 2 rings (SSSR count). The van der Waals surface area contributed by atoms with Crippen LogP contribution in [-0.2, 0) is 15.0 Å². The second kappa shape index (κ2) is 5.50. The fourth-order valence-corrected chi connectivity index (χ4v) is 2.26. The van der Waals surface area contributed by atoms with Gasteiger partial charge in [-0.3, -0.25) is 4.79 Å². The summed E-state index contributed by atoms with van der Waals surface area (Å²) in [6, 6.07) is 5.99. The number of rotatable bonds is 6. The molecule has 0 radical (unpaired) electrons. The van der Waals surface area contributed by atoms with E-state index < -0.39 is 17.4 Å². The van der Waals surface area contributed by atoms with Gasteiger partial charge in [0.05, 0.1) is 5.41 Å². The Morgan fingerprint density at radius 1 is 1.30 bits per heavy atom. The number of nitrogens with one attached hydrogen (secondary N) is 1. The van der Waals surface area contributed by atoms with E-state index in [1.54, 1.807) is 24.3 Å². The predicted molar refractivity (Wildman–Crippen MR) is 73.0 cm³/mol. The summed E-state index contributed by atoms with van der Waals surface area (Å²) >= 11 is 0. The number of aliphatic carboxylic acids is 1. The minimum Gasteiger partial charge on any atom is -0.480 e. The predicted octanol–water partition coefficient (Wildman–Crippen LogP) is 0.252. The summed E-state index contributed by atoms with van der Waals surface area (Å²) < 4.78 is 0. The Hall–Kier alpha value is -2.08. The lowest BCUT2D eigenvalue weighted by molar-refractivity contribution is -0.142. The van der Waals surface area contributed by atoms with Gasteiger partial charge < -0.3 is 21.3 Å². The highest BCUT2D eigenvalue weighted by Gasteiger charge is 2.51. The van der Waals surface area contributed by atoms with E-state index in [0.29, 0.717) is 18.5 Å². The molecule has 1 amide bonds. The monoisotopic (exact) mass is 278 g/mol. The maximum atomic E-state index is 12.3. The van der Waals surface area contributed by atoms with Crippen LogP contribution in [0.2, 0.25) is 0 Å². The number of aliphatic hydroxyl groups is 1. The van der Waals surface area contributed by atoms with E-state index in [9.17, 15) is 9.59 Å². The molecule has 5 N–H and O–H groups in total. The van der Waals surface area contributed by atoms with Crippen LogP contribution in [0.5, 0.6) is 0 Å². The van der Waals surface area contributed by atoms with Gasteiger partial charge in [0, 0.05) is 18.7 Å². The zero-order valence-electron chi connectivity index (χ0n) is 11.0. The summed E-state index contributed by atoms with van der Waals surface area (Å²) in [6.45, 7) is -0.286. The van der Waals surface area contributed by atoms with Crippen molar-refractivity contribution >= 4 is 17.6 Å². The SMILES string of the molecule is Nc1ccc(C2(C(=O)N[C@H](CCO)C(=O)O)CC2)cc1. The van der Waals surface area contributed by atoms with Crippen LogP contribution in [0.4, 0.5) is 5.69 Å². The molecule has 1 aromatic rings. The maximum absolute atomic E-state index is 12.3. The average Bonchev–Trinajstić information content (AvgIpc) is 3.20. The molecule has 108 valence electrons. The molecule has 1 atom stereocenters. The lowest BCUT2D eigenvalue weighted by atomic mass is 9.94. The Kier molecular flexibility index (Phi) is 3.94. The van der Waals surface area contributed by atoms with E-state index in [4.69, 9.17) is 15.9 Å². The molecule has 0 heterocycles. The van der Waals surface area contributed by atoms with Crippen LogP contribution in [0.25, 0.3) is 0 Å². The molecule has 0 aliphatic heterocycles. The molecule has 20 heavy (non-hydrogen) atoms. The molecule has 1 fully saturated rings. The molecule has 0 saturated heterocycles. The standard InChI is InChI=1S/C14H18N2O4/c15-10-3-1-9(2-4-10)14(6-7-14)13(20)16-11(5-8-17)12(18)19/h1-4,11,17H,5-8,15H2,(H,16,20)(H,18,19)/t11-/m1/s1. The van der Waals surface area contributed by atoms with Gasteiger partial charge in [0.25, 0.3) is 0 Å². The van der Waals surface area contributed by atoms with Crippen LogP contribution in [0.1, 0.15) is 24.8 Å². The molecule has 0 spiro atoms. The first-order chi connectivity index (χ1) is 9.49. The van der Waals surface area contributed by atoms with Gasteiger partial charge in [-0.1, -0.05) is 12.1 Å². The van der Waals surface area contributed by atoms with Gasteiger partial charge >= 0.3 is 5.97 Å². The average molecular weight is 278 g/mol. The van der Waals surface area contributed by atoms with Crippen molar-refractivity contribution in [3.05, 3.63) is 29.8 Å². The van der Waals surface area contributed by atoms with Gasteiger partial charge in [0.15, 0.2) is 0 Å². The van der Waals surface area contributed by atoms with E-state index in [1.165, 1.54) is 0 Å². The minimum atomic E-state index is -1.14. The van der Waals surface area contributed by atoms with Crippen molar-refractivity contribution in [1.29, 1.82) is 0 Å². The molecule has 6 heteroatoms. The Labute approximate surface area is 116 Å². The molecule has 1 saturated carbocycles. The van der Waals surface area contributed by atoms with Crippen LogP contribution in [0.3, 0.4) is 0 Å². The Balaban J connectivity index is 2.12. The van der Waals surface area contributed by atoms with Crippen molar-refractivity contribution in [2.75, 3.05) is 12.3 Å². The van der Waals surface area contributed by atoms with E-state index in [0.717, 1.165) is 5.56 Å². The third kappa shape index (κ3) is 2.75. The van der Waals surface area contributed by atoms with Gasteiger partial charge in [-0.15, -0.1) is 0 Å². The molecule has 6 nitrogen and oxygen atoms in total. The topological polar surface area (TPSA) is 113 Å². The van der Waals surface area contributed by atoms with Gasteiger partial charge in [0.1, 0.15) is 6.04 Å². The molecular weight excluding hydrogens is 260 g/mol. The summed E-state index contributed by atoms with van der Waals surface area (Å²) in [5, 5.41) is 20.3.